The highest BCUT2D eigenvalue weighted by Gasteiger charge is 2.64. The number of hydrogen-bond acceptors (Lipinski definition) is 4. The van der Waals surface area contributed by atoms with Crippen LogP contribution in [0, 0.1) is 46.3 Å². The van der Waals surface area contributed by atoms with E-state index in [9.17, 15) is 18.6 Å². The number of hydrogen-bond donors (Lipinski definition) is 3. The van der Waals surface area contributed by atoms with Crippen molar-refractivity contribution in [1.29, 1.82) is 0 Å². The van der Waals surface area contributed by atoms with Gasteiger partial charge < -0.3 is 10.2 Å². The molecule has 0 spiro atoms. The Morgan fingerprint density at radius 3 is 2.27 bits per heavy atom. The molecule has 4 fully saturated rings. The molecule has 0 saturated heterocycles. The summed E-state index contributed by atoms with van der Waals surface area (Å²) in [4.78, 5) is 0. The molecule has 4 unspecified atom stereocenters. The van der Waals surface area contributed by atoms with Gasteiger partial charge in [0.1, 0.15) is 0 Å². The van der Waals surface area contributed by atoms with Gasteiger partial charge >= 0.3 is 0 Å². The second-order valence-electron chi connectivity index (χ2n) is 11.6. The summed E-state index contributed by atoms with van der Waals surface area (Å²) >= 11 is 0. The fraction of sp³-hybridized carbons (Fsp3) is 1.00. The highest BCUT2D eigenvalue weighted by atomic mass is 32.2. The lowest BCUT2D eigenvalue weighted by Gasteiger charge is -2.64. The highest BCUT2D eigenvalue weighted by Crippen LogP contribution is 2.69. The predicted molar refractivity (Wildman–Crippen MR) is 117 cm³/mol. The van der Waals surface area contributed by atoms with Crippen molar-refractivity contribution in [3.63, 3.8) is 0 Å². The maximum atomic E-state index is 11.6. The van der Waals surface area contributed by atoms with Gasteiger partial charge in [0.15, 0.2) is 0 Å². The van der Waals surface area contributed by atoms with Crippen LogP contribution in [0.15, 0.2) is 0 Å². The molecule has 4 aliphatic carbocycles. The van der Waals surface area contributed by atoms with E-state index in [2.05, 4.69) is 20.8 Å². The second-order valence-corrected chi connectivity index (χ2v) is 13.2. The van der Waals surface area contributed by atoms with Crippen LogP contribution in [0.2, 0.25) is 0 Å². The van der Waals surface area contributed by atoms with Crippen LogP contribution in [0.5, 0.6) is 0 Å². The van der Waals surface area contributed by atoms with Crippen LogP contribution in [0.4, 0.5) is 0 Å². The first kappa shape index (κ1) is 23.0. The molecule has 0 aromatic rings. The third-order valence-corrected chi connectivity index (χ3v) is 11.3. The Kier molecular flexibility index (Phi) is 6.13. The van der Waals surface area contributed by atoms with Gasteiger partial charge in [-0.2, -0.15) is 8.42 Å². The van der Waals surface area contributed by atoms with E-state index in [1.54, 1.807) is 0 Å². The molecule has 0 aliphatic heterocycles. The van der Waals surface area contributed by atoms with Crippen LogP contribution < -0.4 is 0 Å². The number of rotatable bonds is 5. The largest absolute Gasteiger partial charge is 0.393 e. The molecule has 5 nitrogen and oxygen atoms in total. The Morgan fingerprint density at radius 2 is 1.60 bits per heavy atom. The summed E-state index contributed by atoms with van der Waals surface area (Å²) in [6.45, 7) is 7.05. The van der Waals surface area contributed by atoms with Gasteiger partial charge in [-0.25, -0.2) is 0 Å². The Morgan fingerprint density at radius 1 is 0.933 bits per heavy atom. The third-order valence-electron chi connectivity index (χ3n) is 10.5. The molecule has 4 saturated carbocycles. The normalized spacial score (nSPS) is 51.1. The topological polar surface area (TPSA) is 94.8 Å². The summed E-state index contributed by atoms with van der Waals surface area (Å²) in [5.41, 5.74) is 0.380. The molecular weight excluding hydrogens is 400 g/mol. The molecule has 174 valence electrons. The zero-order valence-corrected chi connectivity index (χ0v) is 19.8. The summed E-state index contributed by atoms with van der Waals surface area (Å²) in [7, 11) is -3.89. The third kappa shape index (κ3) is 3.68. The molecule has 6 heteroatoms. The average Bonchev–Trinajstić information content (AvgIpc) is 2.99. The van der Waals surface area contributed by atoms with Gasteiger partial charge in [-0.15, -0.1) is 0 Å². The van der Waals surface area contributed by atoms with Crippen molar-refractivity contribution in [1.82, 2.24) is 0 Å². The average molecular weight is 443 g/mol. The van der Waals surface area contributed by atoms with E-state index in [1.807, 2.05) is 0 Å². The molecule has 4 aliphatic rings. The van der Waals surface area contributed by atoms with Crippen LogP contribution in [0.3, 0.4) is 0 Å². The highest BCUT2D eigenvalue weighted by molar-refractivity contribution is 7.85. The smallest absolute Gasteiger partial charge is 0.264 e. The Balaban J connectivity index is 1.58. The molecule has 0 amide bonds. The fourth-order valence-electron chi connectivity index (χ4n) is 9.05. The summed E-state index contributed by atoms with van der Waals surface area (Å²) in [6.07, 6.45) is 9.19. The SMILES string of the molecule is CC[C@H]1[C@@H](O)C2C3CCC(CCCS(=O)(=O)O)[C@@]3(C)CCC2[C@@]2(C)CC[C@@H](O)C[C@@H]12. The second kappa shape index (κ2) is 8.00. The zero-order valence-electron chi connectivity index (χ0n) is 19.0. The first-order chi connectivity index (χ1) is 14.0. The van der Waals surface area contributed by atoms with E-state index in [0.717, 1.165) is 57.8 Å². The Labute approximate surface area is 182 Å². The van der Waals surface area contributed by atoms with Gasteiger partial charge in [0.05, 0.1) is 18.0 Å². The van der Waals surface area contributed by atoms with Crippen LogP contribution in [-0.4, -0.2) is 41.1 Å². The monoisotopic (exact) mass is 442 g/mol. The van der Waals surface area contributed by atoms with E-state index in [-0.39, 0.29) is 34.7 Å². The van der Waals surface area contributed by atoms with Crippen molar-refractivity contribution < 1.29 is 23.2 Å². The van der Waals surface area contributed by atoms with Gasteiger partial charge in [-0.05, 0) is 104 Å². The molecule has 3 N–H and O–H groups in total. The minimum Gasteiger partial charge on any atom is -0.393 e. The van der Waals surface area contributed by atoms with Crippen LogP contribution in [-0.2, 0) is 10.1 Å². The quantitative estimate of drug-likeness (QED) is 0.552. The molecule has 0 aromatic heterocycles. The summed E-state index contributed by atoms with van der Waals surface area (Å²) in [5.74, 6) is 2.39. The molecule has 30 heavy (non-hydrogen) atoms. The van der Waals surface area contributed by atoms with Crippen LogP contribution >= 0.6 is 0 Å². The maximum absolute atomic E-state index is 11.6. The fourth-order valence-corrected chi connectivity index (χ4v) is 9.58. The lowest BCUT2D eigenvalue weighted by atomic mass is 9.41. The van der Waals surface area contributed by atoms with Crippen LogP contribution in [0.25, 0.3) is 0 Å². The molecule has 0 aromatic carbocycles. The van der Waals surface area contributed by atoms with Crippen molar-refractivity contribution in [2.45, 2.75) is 97.2 Å². The van der Waals surface area contributed by atoms with Crippen molar-refractivity contribution in [3.8, 4) is 0 Å². The number of fused-ring (bicyclic) bond motifs is 5. The predicted octanol–water partition coefficient (Wildman–Crippen LogP) is 4.28. The van der Waals surface area contributed by atoms with Crippen molar-refractivity contribution in [3.05, 3.63) is 0 Å². The number of aliphatic hydroxyl groups is 2. The molecule has 4 rings (SSSR count). The first-order valence-electron chi connectivity index (χ1n) is 12.3. The van der Waals surface area contributed by atoms with Crippen molar-refractivity contribution in [2.24, 2.45) is 46.3 Å². The minimum absolute atomic E-state index is 0.140. The summed E-state index contributed by atoms with van der Waals surface area (Å²) in [6, 6.07) is 0. The molecule has 0 radical (unpaired) electrons. The van der Waals surface area contributed by atoms with E-state index in [4.69, 9.17) is 4.55 Å². The van der Waals surface area contributed by atoms with Gasteiger partial charge in [0, 0.05) is 0 Å². The van der Waals surface area contributed by atoms with Gasteiger partial charge in [0.25, 0.3) is 10.1 Å². The van der Waals surface area contributed by atoms with Gasteiger partial charge in [-0.3, -0.25) is 4.55 Å². The van der Waals surface area contributed by atoms with E-state index >= 15 is 0 Å². The lowest BCUT2D eigenvalue weighted by molar-refractivity contribution is -0.202. The summed E-state index contributed by atoms with van der Waals surface area (Å²) < 4.78 is 31.4. The Hall–Kier alpha value is -0.170. The van der Waals surface area contributed by atoms with Crippen molar-refractivity contribution >= 4 is 10.1 Å². The van der Waals surface area contributed by atoms with Gasteiger partial charge in [0.2, 0.25) is 0 Å². The summed E-state index contributed by atoms with van der Waals surface area (Å²) in [5, 5.41) is 22.0. The van der Waals surface area contributed by atoms with E-state index in [0.29, 0.717) is 36.0 Å². The molecular formula is C24H42O5S. The molecule has 0 heterocycles. The van der Waals surface area contributed by atoms with Crippen LogP contribution in [0.1, 0.15) is 85.0 Å². The maximum Gasteiger partial charge on any atom is 0.264 e. The Bertz CT molecular complexity index is 738. The van der Waals surface area contributed by atoms with Gasteiger partial charge in [-0.1, -0.05) is 27.2 Å². The lowest BCUT2D eigenvalue weighted by Crippen LogP contribution is -2.62. The standard InChI is InChI=1S/C24H42O5S/c1-4-17-20-14-16(25)9-11-24(20,3)19-10-12-23(2)15(6-5-13-30(27,28)29)7-8-18(23)21(19)22(17)26/h15-22,25-26H,4-14H2,1-3H3,(H,27,28,29)/t15?,16-,17-,18?,19?,20+,21?,22-,23-,24-/m1/s1. The first-order valence-corrected chi connectivity index (χ1v) is 13.9. The number of aliphatic hydroxyl groups excluding tert-OH is 2. The zero-order chi connectivity index (χ0) is 21.9. The van der Waals surface area contributed by atoms with E-state index in [1.165, 1.54) is 0 Å². The molecule has 10 atom stereocenters. The molecule has 0 bridgehead atoms. The van der Waals surface area contributed by atoms with Crippen molar-refractivity contribution in [2.75, 3.05) is 5.75 Å². The minimum atomic E-state index is -3.89. The van der Waals surface area contributed by atoms with E-state index < -0.39 is 10.1 Å².